The molecule has 1 atom stereocenters. The van der Waals surface area contributed by atoms with Crippen molar-refractivity contribution in [2.75, 3.05) is 7.11 Å². The van der Waals surface area contributed by atoms with Crippen LogP contribution in [0.3, 0.4) is 0 Å². The summed E-state index contributed by atoms with van der Waals surface area (Å²) in [5.41, 5.74) is -0.580. The van der Waals surface area contributed by atoms with Crippen LogP contribution in [0, 0.1) is 5.92 Å². The van der Waals surface area contributed by atoms with E-state index in [1.54, 1.807) is 6.08 Å². The zero-order valence-corrected chi connectivity index (χ0v) is 13.3. The van der Waals surface area contributed by atoms with Crippen LogP contribution in [-0.2, 0) is 18.8 Å². The summed E-state index contributed by atoms with van der Waals surface area (Å²) in [7, 11) is 1.15. The molecule has 0 N–H and O–H groups in total. The van der Waals surface area contributed by atoms with Crippen LogP contribution < -0.4 is 0 Å². The van der Waals surface area contributed by atoms with E-state index in [1.165, 1.54) is 13.2 Å². The van der Waals surface area contributed by atoms with Gasteiger partial charge >= 0.3 is 13.1 Å². The predicted molar refractivity (Wildman–Crippen MR) is 80.3 cm³/mol. The van der Waals surface area contributed by atoms with Crippen molar-refractivity contribution in [1.82, 2.24) is 0 Å². The number of methoxy groups -OCH3 is 1. The molecule has 1 fully saturated rings. The molecule has 1 saturated heterocycles. The fourth-order valence-corrected chi connectivity index (χ4v) is 1.83. The molecule has 1 rings (SSSR count). The van der Waals surface area contributed by atoms with E-state index in [-0.39, 0.29) is 30.2 Å². The van der Waals surface area contributed by atoms with E-state index in [2.05, 4.69) is 4.74 Å². The number of allylic oxidation sites excluding steroid dienone is 3. The highest BCUT2D eigenvalue weighted by molar-refractivity contribution is 6.46. The Kier molecular flexibility index (Phi) is 5.60. The van der Waals surface area contributed by atoms with Crippen LogP contribution in [0.4, 0.5) is 0 Å². The van der Waals surface area contributed by atoms with Crippen molar-refractivity contribution in [3.05, 3.63) is 24.3 Å². The van der Waals surface area contributed by atoms with Crippen LogP contribution >= 0.6 is 0 Å². The summed E-state index contributed by atoms with van der Waals surface area (Å²) in [5, 5.41) is 0. The Labute approximate surface area is 122 Å². The van der Waals surface area contributed by atoms with Crippen molar-refractivity contribution in [3.8, 4) is 0 Å². The predicted octanol–water partition coefficient (Wildman–Crippen LogP) is 3.00. The van der Waals surface area contributed by atoms with E-state index in [1.807, 2.05) is 46.8 Å². The minimum Gasteiger partial charge on any atom is -0.466 e. The Morgan fingerprint density at radius 3 is 2.25 bits per heavy atom. The maximum absolute atomic E-state index is 11.0. The number of esters is 1. The standard InChI is InChI=1S/C15H25BO4/c1-12(9-10-13(17)18-6)8-7-11-16-19-14(2,3)15(4,5)20-16/h7-10,12H,11H2,1-6H3/b8-7-,10-9-. The van der Waals surface area contributed by atoms with Gasteiger partial charge in [-0.15, -0.1) is 0 Å². The third-order valence-electron chi connectivity index (χ3n) is 3.81. The molecule has 1 aliphatic rings. The van der Waals surface area contributed by atoms with Crippen molar-refractivity contribution in [3.63, 3.8) is 0 Å². The van der Waals surface area contributed by atoms with Crippen molar-refractivity contribution in [2.45, 2.75) is 52.1 Å². The monoisotopic (exact) mass is 280 g/mol. The van der Waals surface area contributed by atoms with Crippen molar-refractivity contribution < 1.29 is 18.8 Å². The molecule has 112 valence electrons. The molecular weight excluding hydrogens is 255 g/mol. The summed E-state index contributed by atoms with van der Waals surface area (Å²) < 4.78 is 16.3. The van der Waals surface area contributed by atoms with E-state index in [0.29, 0.717) is 6.32 Å². The molecule has 0 aromatic carbocycles. The van der Waals surface area contributed by atoms with Crippen molar-refractivity contribution in [2.24, 2.45) is 5.92 Å². The van der Waals surface area contributed by atoms with E-state index in [0.717, 1.165) is 0 Å². The van der Waals surface area contributed by atoms with E-state index in [4.69, 9.17) is 9.31 Å². The molecule has 0 radical (unpaired) electrons. The molecule has 1 aliphatic heterocycles. The molecule has 1 heterocycles. The Morgan fingerprint density at radius 2 is 1.75 bits per heavy atom. The summed E-state index contributed by atoms with van der Waals surface area (Å²) in [6, 6.07) is 0. The van der Waals surface area contributed by atoms with E-state index >= 15 is 0 Å². The summed E-state index contributed by atoms with van der Waals surface area (Å²) in [4.78, 5) is 11.0. The fraction of sp³-hybridized carbons (Fsp3) is 0.667. The third-order valence-corrected chi connectivity index (χ3v) is 3.81. The first-order valence-corrected chi connectivity index (χ1v) is 6.96. The average molecular weight is 280 g/mol. The average Bonchev–Trinajstić information content (AvgIpc) is 2.54. The fourth-order valence-electron chi connectivity index (χ4n) is 1.83. The highest BCUT2D eigenvalue weighted by atomic mass is 16.7. The Bertz CT molecular complexity index is 383. The van der Waals surface area contributed by atoms with Gasteiger partial charge in [0, 0.05) is 12.4 Å². The van der Waals surface area contributed by atoms with Gasteiger partial charge in [0.25, 0.3) is 0 Å². The third kappa shape index (κ3) is 4.49. The highest BCUT2D eigenvalue weighted by Gasteiger charge is 2.50. The summed E-state index contributed by atoms with van der Waals surface area (Å²) in [5.74, 6) is -0.173. The molecule has 4 nitrogen and oxygen atoms in total. The second kappa shape index (κ2) is 6.59. The lowest BCUT2D eigenvalue weighted by Gasteiger charge is -2.32. The quantitative estimate of drug-likeness (QED) is 0.336. The van der Waals surface area contributed by atoms with E-state index in [9.17, 15) is 4.79 Å². The summed E-state index contributed by atoms with van der Waals surface area (Å²) >= 11 is 0. The topological polar surface area (TPSA) is 44.8 Å². The molecule has 0 bridgehead atoms. The molecule has 0 spiro atoms. The van der Waals surface area contributed by atoms with Gasteiger partial charge in [0.1, 0.15) is 0 Å². The maximum Gasteiger partial charge on any atom is 0.461 e. The van der Waals surface area contributed by atoms with Gasteiger partial charge in [-0.3, -0.25) is 0 Å². The van der Waals surface area contributed by atoms with Gasteiger partial charge < -0.3 is 14.0 Å². The van der Waals surface area contributed by atoms with Gasteiger partial charge in [-0.1, -0.05) is 25.2 Å². The molecule has 1 unspecified atom stereocenters. The molecule has 0 aliphatic carbocycles. The van der Waals surface area contributed by atoms with Gasteiger partial charge in [-0.05, 0) is 33.6 Å². The van der Waals surface area contributed by atoms with Crippen LogP contribution in [0.1, 0.15) is 34.6 Å². The van der Waals surface area contributed by atoms with Gasteiger partial charge in [-0.25, -0.2) is 4.79 Å². The Morgan fingerprint density at radius 1 is 1.20 bits per heavy atom. The molecule has 0 aromatic rings. The normalized spacial score (nSPS) is 22.6. The first-order chi connectivity index (χ1) is 9.18. The van der Waals surface area contributed by atoms with Crippen LogP contribution in [0.15, 0.2) is 24.3 Å². The van der Waals surface area contributed by atoms with Gasteiger partial charge in [0.15, 0.2) is 0 Å². The zero-order chi connectivity index (χ0) is 15.4. The molecule has 20 heavy (non-hydrogen) atoms. The van der Waals surface area contributed by atoms with Crippen LogP contribution in [0.2, 0.25) is 6.32 Å². The molecular formula is C15H25BO4. The first-order valence-electron chi connectivity index (χ1n) is 6.96. The number of rotatable bonds is 5. The zero-order valence-electron chi connectivity index (χ0n) is 13.3. The number of carbonyl (C=O) groups is 1. The second-order valence-corrected chi connectivity index (χ2v) is 6.09. The lowest BCUT2D eigenvalue weighted by Crippen LogP contribution is -2.41. The lowest BCUT2D eigenvalue weighted by molar-refractivity contribution is -0.134. The van der Waals surface area contributed by atoms with Crippen molar-refractivity contribution >= 4 is 13.1 Å². The molecule has 5 heteroatoms. The van der Waals surface area contributed by atoms with Crippen LogP contribution in [-0.4, -0.2) is 31.4 Å². The first kappa shape index (κ1) is 17.0. The molecule has 0 saturated carbocycles. The van der Waals surface area contributed by atoms with Crippen LogP contribution in [0.25, 0.3) is 0 Å². The smallest absolute Gasteiger partial charge is 0.461 e. The SMILES string of the molecule is COC(=O)/C=C\C(C)/C=C\CB1OC(C)(C)C(C)(C)O1. The number of ether oxygens (including phenoxy) is 1. The minimum atomic E-state index is -0.337. The molecule has 0 aromatic heterocycles. The van der Waals surface area contributed by atoms with Gasteiger partial charge in [0.05, 0.1) is 18.3 Å². The number of hydrogen-bond donors (Lipinski definition) is 0. The Hall–Kier alpha value is -1.07. The molecule has 0 amide bonds. The maximum atomic E-state index is 11.0. The van der Waals surface area contributed by atoms with Crippen LogP contribution in [0.5, 0.6) is 0 Å². The number of carbonyl (C=O) groups excluding carboxylic acids is 1. The van der Waals surface area contributed by atoms with Gasteiger partial charge in [-0.2, -0.15) is 0 Å². The summed E-state index contributed by atoms with van der Waals surface area (Å²) in [6.07, 6.45) is 7.97. The second-order valence-electron chi connectivity index (χ2n) is 6.09. The Balaban J connectivity index is 2.43. The number of hydrogen-bond acceptors (Lipinski definition) is 4. The summed E-state index contributed by atoms with van der Waals surface area (Å²) in [6.45, 7) is 10.2. The largest absolute Gasteiger partial charge is 0.466 e. The van der Waals surface area contributed by atoms with E-state index < -0.39 is 0 Å². The van der Waals surface area contributed by atoms with Gasteiger partial charge in [0.2, 0.25) is 0 Å². The minimum absolute atomic E-state index is 0.163. The highest BCUT2D eigenvalue weighted by Crippen LogP contribution is 2.37. The lowest BCUT2D eigenvalue weighted by atomic mass is 9.84. The van der Waals surface area contributed by atoms with Crippen molar-refractivity contribution in [1.29, 1.82) is 0 Å².